The maximum Gasteiger partial charge on any atom is 0.199 e. The monoisotopic (exact) mass is 325 g/mol. The lowest BCUT2D eigenvalue weighted by Gasteiger charge is -2.36. The number of imidazole rings is 1. The number of amidine groups is 1. The summed E-state index contributed by atoms with van der Waals surface area (Å²) in [5, 5.41) is 3.63. The van der Waals surface area contributed by atoms with Crippen LogP contribution in [0.1, 0.15) is 37.4 Å². The molecule has 0 bridgehead atoms. The van der Waals surface area contributed by atoms with E-state index in [4.69, 9.17) is 21.1 Å². The van der Waals surface area contributed by atoms with Crippen LogP contribution in [-0.2, 0) is 9.47 Å². The highest BCUT2D eigenvalue weighted by atomic mass is 35.5. The maximum atomic E-state index is 6.23. The zero-order chi connectivity index (χ0) is 14.9. The second-order valence-corrected chi connectivity index (χ2v) is 6.14. The first-order chi connectivity index (χ1) is 10.8. The SMILES string of the molecule is ClC1=Nc2c(ncn2C2CCCCO2)C(N2CCOCC2)N1. The molecule has 2 fully saturated rings. The van der Waals surface area contributed by atoms with Crippen LogP contribution in [0.3, 0.4) is 0 Å². The number of halogens is 1. The van der Waals surface area contributed by atoms with Gasteiger partial charge in [0.2, 0.25) is 0 Å². The molecule has 8 heteroatoms. The molecule has 1 aromatic heterocycles. The molecule has 4 heterocycles. The minimum absolute atomic E-state index is 0.0154. The lowest BCUT2D eigenvalue weighted by atomic mass is 10.2. The van der Waals surface area contributed by atoms with Crippen LogP contribution in [0.4, 0.5) is 5.82 Å². The Morgan fingerprint density at radius 1 is 1.23 bits per heavy atom. The lowest BCUT2D eigenvalue weighted by Crippen LogP contribution is -2.47. The van der Waals surface area contributed by atoms with Crippen LogP contribution in [-0.4, -0.2) is 52.7 Å². The van der Waals surface area contributed by atoms with E-state index in [2.05, 4.69) is 20.2 Å². The number of aliphatic imine (C=N–C) groups is 1. The quantitative estimate of drug-likeness (QED) is 0.839. The third kappa shape index (κ3) is 2.62. The van der Waals surface area contributed by atoms with Crippen LogP contribution in [0, 0.1) is 0 Å². The van der Waals surface area contributed by atoms with E-state index in [1.165, 1.54) is 6.42 Å². The number of nitrogens with zero attached hydrogens (tertiary/aromatic N) is 4. The summed E-state index contributed by atoms with van der Waals surface area (Å²) in [5.74, 6) is 0.812. The number of hydrogen-bond donors (Lipinski definition) is 1. The Balaban J connectivity index is 1.64. The van der Waals surface area contributed by atoms with E-state index in [-0.39, 0.29) is 12.4 Å². The molecule has 0 saturated carbocycles. The summed E-state index contributed by atoms with van der Waals surface area (Å²) < 4.78 is 13.3. The molecule has 1 N–H and O–H groups in total. The van der Waals surface area contributed by atoms with E-state index in [9.17, 15) is 0 Å². The van der Waals surface area contributed by atoms with Crippen LogP contribution >= 0.6 is 11.6 Å². The zero-order valence-electron chi connectivity index (χ0n) is 12.4. The first-order valence-corrected chi connectivity index (χ1v) is 8.21. The Hall–Kier alpha value is -1.15. The average Bonchev–Trinajstić information content (AvgIpc) is 2.99. The molecular weight excluding hydrogens is 306 g/mol. The molecule has 0 amide bonds. The van der Waals surface area contributed by atoms with Gasteiger partial charge in [0.25, 0.3) is 0 Å². The van der Waals surface area contributed by atoms with Crippen LogP contribution in [0.2, 0.25) is 0 Å². The van der Waals surface area contributed by atoms with Crippen molar-refractivity contribution in [1.29, 1.82) is 0 Å². The van der Waals surface area contributed by atoms with Crippen molar-refractivity contribution >= 4 is 22.7 Å². The molecule has 2 saturated heterocycles. The molecule has 120 valence electrons. The van der Waals surface area contributed by atoms with E-state index < -0.39 is 0 Å². The molecule has 0 radical (unpaired) electrons. The normalized spacial score (nSPS) is 29.6. The molecule has 7 nitrogen and oxygen atoms in total. The summed E-state index contributed by atoms with van der Waals surface area (Å²) in [5.41, 5.74) is 0.917. The summed E-state index contributed by atoms with van der Waals surface area (Å²) in [6.45, 7) is 3.96. The van der Waals surface area contributed by atoms with Gasteiger partial charge >= 0.3 is 0 Å². The van der Waals surface area contributed by atoms with Gasteiger partial charge in [-0.2, -0.15) is 4.99 Å². The lowest BCUT2D eigenvalue weighted by molar-refractivity contribution is -0.0311. The number of aromatic nitrogens is 2. The van der Waals surface area contributed by atoms with E-state index >= 15 is 0 Å². The van der Waals surface area contributed by atoms with E-state index in [1.54, 1.807) is 0 Å². The molecule has 0 aromatic carbocycles. The highest BCUT2D eigenvalue weighted by Gasteiger charge is 2.33. The molecule has 3 aliphatic heterocycles. The Kier molecular flexibility index (Phi) is 4.04. The summed E-state index contributed by atoms with van der Waals surface area (Å²) in [6.07, 6.45) is 5.08. The second-order valence-electron chi connectivity index (χ2n) is 5.78. The van der Waals surface area contributed by atoms with Crippen molar-refractivity contribution in [2.24, 2.45) is 4.99 Å². The molecule has 1 aromatic rings. The fourth-order valence-electron chi connectivity index (χ4n) is 3.24. The summed E-state index contributed by atoms with van der Waals surface area (Å²) >= 11 is 6.23. The summed E-state index contributed by atoms with van der Waals surface area (Å²) in [7, 11) is 0. The Labute approximate surface area is 134 Å². The number of morpholine rings is 1. The van der Waals surface area contributed by atoms with Crippen LogP contribution in [0.25, 0.3) is 0 Å². The number of nitrogens with one attached hydrogen (secondary N) is 1. The second kappa shape index (κ2) is 6.16. The third-order valence-electron chi connectivity index (χ3n) is 4.39. The minimum Gasteiger partial charge on any atom is -0.379 e. The van der Waals surface area contributed by atoms with Crippen molar-refractivity contribution in [3.63, 3.8) is 0 Å². The summed E-state index contributed by atoms with van der Waals surface area (Å²) in [6, 6.07) is 0. The maximum absolute atomic E-state index is 6.23. The topological polar surface area (TPSA) is 63.9 Å². The van der Waals surface area contributed by atoms with Gasteiger partial charge in [-0.3, -0.25) is 9.47 Å². The highest BCUT2D eigenvalue weighted by Crippen LogP contribution is 2.35. The molecule has 22 heavy (non-hydrogen) atoms. The predicted molar refractivity (Wildman–Crippen MR) is 82.3 cm³/mol. The van der Waals surface area contributed by atoms with Gasteiger partial charge < -0.3 is 14.8 Å². The van der Waals surface area contributed by atoms with E-state index in [0.717, 1.165) is 57.3 Å². The molecule has 0 aliphatic carbocycles. The van der Waals surface area contributed by atoms with Crippen molar-refractivity contribution in [3.8, 4) is 0 Å². The zero-order valence-corrected chi connectivity index (χ0v) is 13.1. The Morgan fingerprint density at radius 3 is 2.86 bits per heavy atom. The first kappa shape index (κ1) is 14.4. The van der Waals surface area contributed by atoms with Gasteiger partial charge in [-0.1, -0.05) is 0 Å². The standard InChI is InChI=1S/C14H20ClN5O2/c15-14-17-12(19-4-7-21-8-5-19)11-13(18-14)20(9-16-11)10-3-1-2-6-22-10/h9-10,12H,1-8H2,(H,17,18). The number of rotatable bonds is 2. The van der Waals surface area contributed by atoms with Gasteiger partial charge in [-0.05, 0) is 30.9 Å². The van der Waals surface area contributed by atoms with Crippen LogP contribution < -0.4 is 5.32 Å². The molecule has 2 unspecified atom stereocenters. The van der Waals surface area contributed by atoms with Crippen molar-refractivity contribution in [2.75, 3.05) is 32.9 Å². The van der Waals surface area contributed by atoms with E-state index in [1.807, 2.05) is 10.9 Å². The van der Waals surface area contributed by atoms with Crippen LogP contribution in [0.15, 0.2) is 11.3 Å². The van der Waals surface area contributed by atoms with Crippen molar-refractivity contribution in [1.82, 2.24) is 19.8 Å². The highest BCUT2D eigenvalue weighted by molar-refractivity contribution is 6.65. The van der Waals surface area contributed by atoms with Crippen LogP contribution in [0.5, 0.6) is 0 Å². The van der Waals surface area contributed by atoms with Gasteiger partial charge in [0.1, 0.15) is 18.1 Å². The molecular formula is C14H20ClN5O2. The van der Waals surface area contributed by atoms with Crippen molar-refractivity contribution in [3.05, 3.63) is 12.0 Å². The fourth-order valence-corrected chi connectivity index (χ4v) is 3.42. The van der Waals surface area contributed by atoms with Gasteiger partial charge in [0, 0.05) is 19.7 Å². The predicted octanol–water partition coefficient (Wildman–Crippen LogP) is 1.74. The van der Waals surface area contributed by atoms with E-state index in [0.29, 0.717) is 5.29 Å². The number of fused-ring (bicyclic) bond motifs is 1. The molecule has 3 aliphatic rings. The van der Waals surface area contributed by atoms with Gasteiger partial charge in [-0.15, -0.1) is 0 Å². The average molecular weight is 326 g/mol. The van der Waals surface area contributed by atoms with Gasteiger partial charge in [-0.25, -0.2) is 4.98 Å². The van der Waals surface area contributed by atoms with Gasteiger partial charge in [0.15, 0.2) is 11.1 Å². The van der Waals surface area contributed by atoms with Crippen molar-refractivity contribution < 1.29 is 9.47 Å². The molecule has 4 rings (SSSR count). The molecule has 2 atom stereocenters. The third-order valence-corrected chi connectivity index (χ3v) is 4.58. The Morgan fingerprint density at radius 2 is 2.09 bits per heavy atom. The van der Waals surface area contributed by atoms with Crippen molar-refractivity contribution in [2.45, 2.75) is 31.7 Å². The number of ether oxygens (including phenoxy) is 2. The Bertz CT molecular complexity index is 564. The number of hydrogen-bond acceptors (Lipinski definition) is 6. The summed E-state index contributed by atoms with van der Waals surface area (Å²) in [4.78, 5) is 11.3. The first-order valence-electron chi connectivity index (χ1n) is 7.84. The fraction of sp³-hybridized carbons (Fsp3) is 0.714. The molecule has 0 spiro atoms. The largest absolute Gasteiger partial charge is 0.379 e. The minimum atomic E-state index is -0.0475. The van der Waals surface area contributed by atoms with Gasteiger partial charge in [0.05, 0.1) is 19.5 Å². The smallest absolute Gasteiger partial charge is 0.199 e.